The highest BCUT2D eigenvalue weighted by molar-refractivity contribution is 5.85. The van der Waals surface area contributed by atoms with Crippen molar-refractivity contribution < 1.29 is 9.53 Å². The Morgan fingerprint density at radius 3 is 2.71 bits per heavy atom. The lowest BCUT2D eigenvalue weighted by Crippen LogP contribution is -2.47. The van der Waals surface area contributed by atoms with Gasteiger partial charge in [0.2, 0.25) is 0 Å². The van der Waals surface area contributed by atoms with Gasteiger partial charge in [0.05, 0.1) is 6.54 Å². The molecule has 1 N–H and O–H groups in total. The minimum Gasteiger partial charge on any atom is -0.441 e. The third-order valence-electron chi connectivity index (χ3n) is 5.31. The molecule has 0 radical (unpaired) electrons. The van der Waals surface area contributed by atoms with Crippen molar-refractivity contribution in [2.75, 3.05) is 26.2 Å². The molecule has 0 bridgehead atoms. The molecule has 2 fully saturated rings. The van der Waals surface area contributed by atoms with E-state index in [1.54, 1.807) is 0 Å². The average Bonchev–Trinajstić information content (AvgIpc) is 3.09. The molecule has 0 atom stereocenters. The molecule has 1 aromatic carbocycles. The molecule has 6 heteroatoms. The van der Waals surface area contributed by atoms with Gasteiger partial charge >= 0.3 is 6.09 Å². The van der Waals surface area contributed by atoms with Crippen LogP contribution < -0.4 is 5.32 Å². The fourth-order valence-corrected chi connectivity index (χ4v) is 3.87. The highest BCUT2D eigenvalue weighted by atomic mass is 35.5. The molecule has 2 aromatic rings. The molecule has 4 rings (SSSR count). The van der Waals surface area contributed by atoms with Gasteiger partial charge in [-0.2, -0.15) is 0 Å². The highest BCUT2D eigenvalue weighted by Gasteiger charge is 2.42. The molecule has 5 nitrogen and oxygen atoms in total. The quantitative estimate of drug-likeness (QED) is 0.926. The van der Waals surface area contributed by atoms with Gasteiger partial charge in [-0.3, -0.25) is 0 Å². The number of halogens is 1. The van der Waals surface area contributed by atoms with E-state index in [1.807, 2.05) is 0 Å². The van der Waals surface area contributed by atoms with Gasteiger partial charge in [-0.25, -0.2) is 4.79 Å². The summed E-state index contributed by atoms with van der Waals surface area (Å²) in [7, 11) is 2.11. The standard InChI is InChI=1S/C18H23N3O2.ClH/c1-20-12-14(15-4-2-3-5-16(15)20)6-9-21-10-7-18(8-11-21)13-19-17(22)23-18;/h2-5,12H,6-11,13H2,1H3,(H,19,22);1H. The lowest BCUT2D eigenvalue weighted by molar-refractivity contribution is 0.00124. The topological polar surface area (TPSA) is 46.5 Å². The second-order valence-corrected chi connectivity index (χ2v) is 6.80. The van der Waals surface area contributed by atoms with Gasteiger partial charge in [0, 0.05) is 56.6 Å². The second kappa shape index (κ2) is 6.65. The van der Waals surface area contributed by atoms with Crippen molar-refractivity contribution in [3.05, 3.63) is 36.0 Å². The second-order valence-electron chi connectivity index (χ2n) is 6.80. The van der Waals surface area contributed by atoms with E-state index in [1.165, 1.54) is 16.5 Å². The number of ether oxygens (including phenoxy) is 1. The fourth-order valence-electron chi connectivity index (χ4n) is 3.87. The van der Waals surface area contributed by atoms with Crippen molar-refractivity contribution >= 4 is 29.4 Å². The van der Waals surface area contributed by atoms with Crippen LogP contribution in [0.25, 0.3) is 10.9 Å². The van der Waals surface area contributed by atoms with Crippen molar-refractivity contribution in [2.24, 2.45) is 7.05 Å². The lowest BCUT2D eigenvalue weighted by Gasteiger charge is -2.37. The number of carbonyl (C=O) groups excluding carboxylic acids is 1. The van der Waals surface area contributed by atoms with Crippen molar-refractivity contribution in [3.63, 3.8) is 0 Å². The summed E-state index contributed by atoms with van der Waals surface area (Å²) in [6.07, 6.45) is 4.92. The van der Waals surface area contributed by atoms with Crippen LogP contribution in [0, 0.1) is 0 Å². The van der Waals surface area contributed by atoms with Crippen LogP contribution in [0.15, 0.2) is 30.5 Å². The first-order valence-electron chi connectivity index (χ1n) is 8.37. The molecule has 1 spiro atoms. The van der Waals surface area contributed by atoms with Gasteiger partial charge in [-0.05, 0) is 18.1 Å². The number of fused-ring (bicyclic) bond motifs is 1. The number of piperidine rings is 1. The van der Waals surface area contributed by atoms with Gasteiger partial charge < -0.3 is 19.5 Å². The molecule has 130 valence electrons. The Hall–Kier alpha value is -1.72. The molecule has 0 unspecified atom stereocenters. The molecular formula is C18H24ClN3O2. The molecular weight excluding hydrogens is 326 g/mol. The predicted molar refractivity (Wildman–Crippen MR) is 96.8 cm³/mol. The summed E-state index contributed by atoms with van der Waals surface area (Å²) in [4.78, 5) is 13.8. The summed E-state index contributed by atoms with van der Waals surface area (Å²) in [5.74, 6) is 0. The van der Waals surface area contributed by atoms with E-state index in [9.17, 15) is 4.79 Å². The highest BCUT2D eigenvalue weighted by Crippen LogP contribution is 2.29. The Bertz CT molecular complexity index is 735. The van der Waals surface area contributed by atoms with Gasteiger partial charge in [0.25, 0.3) is 0 Å². The van der Waals surface area contributed by atoms with Gasteiger partial charge in [0.1, 0.15) is 5.60 Å². The normalized spacial score (nSPS) is 20.0. The van der Waals surface area contributed by atoms with Gasteiger partial charge in [-0.1, -0.05) is 18.2 Å². The number of nitrogens with zero attached hydrogens (tertiary/aromatic N) is 2. The number of nitrogens with one attached hydrogen (secondary N) is 1. The molecule has 3 heterocycles. The van der Waals surface area contributed by atoms with E-state index in [-0.39, 0.29) is 24.1 Å². The number of rotatable bonds is 3. The van der Waals surface area contributed by atoms with Crippen LogP contribution in [0.4, 0.5) is 4.79 Å². The molecule has 0 aliphatic carbocycles. The number of benzene rings is 1. The number of hydrogen-bond donors (Lipinski definition) is 1. The van der Waals surface area contributed by atoms with E-state index in [2.05, 4.69) is 52.3 Å². The maximum absolute atomic E-state index is 11.3. The largest absolute Gasteiger partial charge is 0.441 e. The van der Waals surface area contributed by atoms with Crippen LogP contribution >= 0.6 is 12.4 Å². The Balaban J connectivity index is 0.00000169. The predicted octanol–water partition coefficient (Wildman–Crippen LogP) is 2.72. The minimum absolute atomic E-state index is 0. The zero-order valence-electron chi connectivity index (χ0n) is 14.0. The Labute approximate surface area is 148 Å². The van der Waals surface area contributed by atoms with Crippen LogP contribution in [-0.4, -0.2) is 47.3 Å². The number of hydrogen-bond acceptors (Lipinski definition) is 3. The SMILES string of the molecule is Cl.Cn1cc(CCN2CCC3(CC2)CNC(=O)O3)c2ccccc21. The third-order valence-corrected chi connectivity index (χ3v) is 5.31. The average molecular weight is 350 g/mol. The van der Waals surface area contributed by atoms with Crippen LogP contribution in [-0.2, 0) is 18.2 Å². The first-order chi connectivity index (χ1) is 11.2. The van der Waals surface area contributed by atoms with E-state index >= 15 is 0 Å². The monoisotopic (exact) mass is 349 g/mol. The summed E-state index contributed by atoms with van der Waals surface area (Å²) in [6.45, 7) is 3.73. The zero-order chi connectivity index (χ0) is 15.9. The van der Waals surface area contributed by atoms with Gasteiger partial charge in [0.15, 0.2) is 0 Å². The number of aromatic nitrogens is 1. The number of alkyl carbamates (subject to hydrolysis) is 1. The fraction of sp³-hybridized carbons (Fsp3) is 0.500. The van der Waals surface area contributed by atoms with E-state index in [0.717, 1.165) is 38.9 Å². The summed E-state index contributed by atoms with van der Waals surface area (Å²) >= 11 is 0. The lowest BCUT2D eigenvalue weighted by atomic mass is 9.91. The number of amides is 1. The number of para-hydroxylation sites is 1. The van der Waals surface area contributed by atoms with Gasteiger partial charge in [-0.15, -0.1) is 12.4 Å². The van der Waals surface area contributed by atoms with E-state index < -0.39 is 0 Å². The molecule has 24 heavy (non-hydrogen) atoms. The van der Waals surface area contributed by atoms with Crippen molar-refractivity contribution in [2.45, 2.75) is 24.9 Å². The Morgan fingerprint density at radius 2 is 2.00 bits per heavy atom. The van der Waals surface area contributed by atoms with E-state index in [4.69, 9.17) is 4.74 Å². The Kier molecular flexibility index (Phi) is 4.74. The third kappa shape index (κ3) is 3.10. The molecule has 0 saturated carbocycles. The molecule has 2 saturated heterocycles. The maximum Gasteiger partial charge on any atom is 0.407 e. The van der Waals surface area contributed by atoms with E-state index in [0.29, 0.717) is 6.54 Å². The first-order valence-corrected chi connectivity index (χ1v) is 8.37. The maximum atomic E-state index is 11.3. The summed E-state index contributed by atoms with van der Waals surface area (Å²) in [5.41, 5.74) is 2.47. The Morgan fingerprint density at radius 1 is 1.25 bits per heavy atom. The minimum atomic E-state index is -0.255. The number of aryl methyl sites for hydroxylation is 1. The number of likely N-dealkylation sites (tertiary alicyclic amines) is 1. The van der Waals surface area contributed by atoms with Crippen molar-refractivity contribution in [3.8, 4) is 0 Å². The van der Waals surface area contributed by atoms with Crippen LogP contribution in [0.2, 0.25) is 0 Å². The number of carbonyl (C=O) groups is 1. The molecule has 2 aliphatic heterocycles. The smallest absolute Gasteiger partial charge is 0.407 e. The zero-order valence-corrected chi connectivity index (χ0v) is 14.8. The summed E-state index contributed by atoms with van der Waals surface area (Å²) in [6, 6.07) is 8.58. The van der Waals surface area contributed by atoms with Crippen molar-refractivity contribution in [1.29, 1.82) is 0 Å². The van der Waals surface area contributed by atoms with Crippen LogP contribution in [0.3, 0.4) is 0 Å². The van der Waals surface area contributed by atoms with Crippen LogP contribution in [0.5, 0.6) is 0 Å². The summed E-state index contributed by atoms with van der Waals surface area (Å²) < 4.78 is 7.69. The summed E-state index contributed by atoms with van der Waals surface area (Å²) in [5, 5.41) is 4.15. The molecule has 1 aromatic heterocycles. The van der Waals surface area contributed by atoms with Crippen molar-refractivity contribution in [1.82, 2.24) is 14.8 Å². The van der Waals surface area contributed by atoms with Crippen LogP contribution in [0.1, 0.15) is 18.4 Å². The molecule has 2 aliphatic rings. The molecule has 1 amide bonds. The first kappa shape index (κ1) is 17.1.